The maximum Gasteiger partial charge on any atom is 0.322 e. The van der Waals surface area contributed by atoms with E-state index in [1.54, 1.807) is 0 Å². The Balaban J connectivity index is 2.23. The number of phenols is 2. The van der Waals surface area contributed by atoms with E-state index in [4.69, 9.17) is 0 Å². The van der Waals surface area contributed by atoms with E-state index in [1.165, 1.54) is 42.5 Å². The molecule has 0 saturated carbocycles. The lowest BCUT2D eigenvalue weighted by Gasteiger charge is -2.15. The maximum absolute atomic E-state index is 12.3. The zero-order valence-corrected chi connectivity index (χ0v) is 14.6. The molecule has 0 aliphatic carbocycles. The van der Waals surface area contributed by atoms with Gasteiger partial charge in [-0.15, -0.1) is 0 Å². The predicted molar refractivity (Wildman–Crippen MR) is 89.4 cm³/mol. The molecule has 0 spiro atoms. The molecular weight excluding hydrogens is 402 g/mol. The van der Waals surface area contributed by atoms with Gasteiger partial charge in [-0.25, -0.2) is 8.42 Å². The molecule has 0 radical (unpaired) electrons. The van der Waals surface area contributed by atoms with Crippen LogP contribution in [0, 0.1) is 0 Å². The minimum atomic E-state index is -4.02. The van der Waals surface area contributed by atoms with Crippen LogP contribution in [-0.2, 0) is 21.2 Å². The van der Waals surface area contributed by atoms with Crippen LogP contribution < -0.4 is 4.72 Å². The summed E-state index contributed by atoms with van der Waals surface area (Å²) in [4.78, 5) is 11.3. The number of aromatic hydroxyl groups is 2. The lowest BCUT2D eigenvalue weighted by atomic mass is 10.1. The standard InChI is InChI=1S/C15H14BrNO6S/c16-10-2-4-11(5-3-10)24(22,23)17-12(15(20)21)7-9-1-6-13(18)14(19)8-9/h1-6,8,12,17-19H,7H2,(H,20,21)/t12-/m0/s1. The molecule has 0 aromatic heterocycles. The fraction of sp³-hybridized carbons (Fsp3) is 0.133. The Morgan fingerprint density at radius 2 is 1.71 bits per heavy atom. The fourth-order valence-electron chi connectivity index (χ4n) is 1.98. The van der Waals surface area contributed by atoms with E-state index in [0.717, 1.165) is 0 Å². The highest BCUT2D eigenvalue weighted by Crippen LogP contribution is 2.25. The highest BCUT2D eigenvalue weighted by atomic mass is 79.9. The maximum atomic E-state index is 12.3. The number of benzene rings is 2. The molecule has 2 aromatic rings. The molecule has 24 heavy (non-hydrogen) atoms. The minimum absolute atomic E-state index is 0.0643. The van der Waals surface area contributed by atoms with Crippen molar-refractivity contribution in [3.05, 3.63) is 52.5 Å². The number of carbonyl (C=O) groups is 1. The molecule has 1 atom stereocenters. The molecule has 9 heteroatoms. The summed E-state index contributed by atoms with van der Waals surface area (Å²) < 4.78 is 27.4. The van der Waals surface area contributed by atoms with Crippen LogP contribution in [0.25, 0.3) is 0 Å². The van der Waals surface area contributed by atoms with Crippen LogP contribution in [-0.4, -0.2) is 35.7 Å². The van der Waals surface area contributed by atoms with Gasteiger partial charge >= 0.3 is 5.97 Å². The van der Waals surface area contributed by atoms with Crippen LogP contribution in [0.4, 0.5) is 0 Å². The first-order valence-electron chi connectivity index (χ1n) is 6.70. The molecule has 0 aliphatic heterocycles. The molecule has 7 nitrogen and oxygen atoms in total. The van der Waals surface area contributed by atoms with Crippen molar-refractivity contribution in [2.24, 2.45) is 0 Å². The van der Waals surface area contributed by atoms with Crippen molar-refractivity contribution in [3.8, 4) is 11.5 Å². The van der Waals surface area contributed by atoms with Gasteiger partial charge in [0, 0.05) is 4.47 Å². The number of rotatable bonds is 6. The molecule has 0 aliphatic rings. The molecule has 0 unspecified atom stereocenters. The highest BCUT2D eigenvalue weighted by molar-refractivity contribution is 9.10. The molecule has 128 valence electrons. The van der Waals surface area contributed by atoms with Gasteiger partial charge in [0.2, 0.25) is 10.0 Å². The van der Waals surface area contributed by atoms with Crippen molar-refractivity contribution in [1.82, 2.24) is 4.72 Å². The van der Waals surface area contributed by atoms with Crippen molar-refractivity contribution < 1.29 is 28.5 Å². The molecule has 2 rings (SSSR count). The van der Waals surface area contributed by atoms with Gasteiger partial charge in [-0.1, -0.05) is 22.0 Å². The van der Waals surface area contributed by atoms with E-state index >= 15 is 0 Å². The van der Waals surface area contributed by atoms with E-state index in [-0.39, 0.29) is 17.1 Å². The van der Waals surface area contributed by atoms with Gasteiger partial charge < -0.3 is 15.3 Å². The largest absolute Gasteiger partial charge is 0.504 e. The number of hydrogen-bond donors (Lipinski definition) is 4. The van der Waals surface area contributed by atoms with E-state index in [0.29, 0.717) is 10.0 Å². The van der Waals surface area contributed by atoms with Gasteiger partial charge in [-0.05, 0) is 48.4 Å². The highest BCUT2D eigenvalue weighted by Gasteiger charge is 2.26. The third-order valence-corrected chi connectivity index (χ3v) is 5.22. The Labute approximate surface area is 146 Å². The van der Waals surface area contributed by atoms with Crippen LogP contribution in [0.3, 0.4) is 0 Å². The monoisotopic (exact) mass is 415 g/mol. The van der Waals surface area contributed by atoms with Crippen LogP contribution >= 0.6 is 15.9 Å². The topological polar surface area (TPSA) is 124 Å². The summed E-state index contributed by atoms with van der Waals surface area (Å²) in [5.41, 5.74) is 0.358. The normalized spacial score (nSPS) is 12.7. The van der Waals surface area contributed by atoms with Crippen molar-refractivity contribution in [2.75, 3.05) is 0 Å². The SMILES string of the molecule is O=C(O)[C@H](Cc1ccc(O)c(O)c1)NS(=O)(=O)c1ccc(Br)cc1. The van der Waals surface area contributed by atoms with Crippen LogP contribution in [0.15, 0.2) is 51.8 Å². The Hall–Kier alpha value is -2.10. The first-order valence-corrected chi connectivity index (χ1v) is 8.98. The van der Waals surface area contributed by atoms with Gasteiger partial charge in [-0.2, -0.15) is 4.72 Å². The minimum Gasteiger partial charge on any atom is -0.504 e. The first-order chi connectivity index (χ1) is 11.2. The second-order valence-electron chi connectivity index (χ2n) is 4.99. The predicted octanol–water partition coefficient (Wildman–Crippen LogP) is 1.83. The first kappa shape index (κ1) is 18.2. The zero-order chi connectivity index (χ0) is 17.9. The molecular formula is C15H14BrNO6S. The van der Waals surface area contributed by atoms with E-state index in [1.807, 2.05) is 0 Å². The molecule has 0 saturated heterocycles. The Morgan fingerprint density at radius 3 is 2.25 bits per heavy atom. The van der Waals surface area contributed by atoms with Crippen molar-refractivity contribution in [1.29, 1.82) is 0 Å². The third kappa shape index (κ3) is 4.47. The Morgan fingerprint density at radius 1 is 1.08 bits per heavy atom. The second kappa shape index (κ2) is 7.20. The number of aliphatic carboxylic acids is 1. The van der Waals surface area contributed by atoms with Crippen LogP contribution in [0.1, 0.15) is 5.56 Å². The van der Waals surface area contributed by atoms with E-state index in [9.17, 15) is 28.5 Å². The third-order valence-electron chi connectivity index (χ3n) is 3.20. The number of phenolic OH excluding ortho intramolecular Hbond substituents is 2. The average Bonchev–Trinajstić information content (AvgIpc) is 2.50. The molecule has 2 aromatic carbocycles. The summed E-state index contributed by atoms with van der Waals surface area (Å²) in [5.74, 6) is -2.11. The van der Waals surface area contributed by atoms with Crippen molar-refractivity contribution >= 4 is 31.9 Å². The summed E-state index contributed by atoms with van der Waals surface area (Å²) in [7, 11) is -4.02. The summed E-state index contributed by atoms with van der Waals surface area (Å²) in [5, 5.41) is 28.0. The zero-order valence-electron chi connectivity index (χ0n) is 12.2. The summed E-state index contributed by atoms with van der Waals surface area (Å²) in [6.07, 6.45) is -0.196. The lowest BCUT2D eigenvalue weighted by molar-refractivity contribution is -0.138. The molecule has 0 fully saturated rings. The molecule has 0 amide bonds. The van der Waals surface area contributed by atoms with Crippen molar-refractivity contribution in [3.63, 3.8) is 0 Å². The number of sulfonamides is 1. The number of carboxylic acid groups (broad SMARTS) is 1. The smallest absolute Gasteiger partial charge is 0.322 e. The van der Waals surface area contributed by atoms with Crippen molar-refractivity contribution in [2.45, 2.75) is 17.4 Å². The van der Waals surface area contributed by atoms with Crippen LogP contribution in [0.5, 0.6) is 11.5 Å². The molecule has 0 heterocycles. The van der Waals surface area contributed by atoms with Gasteiger partial charge in [0.1, 0.15) is 6.04 Å². The van der Waals surface area contributed by atoms with Gasteiger partial charge in [0.05, 0.1) is 4.90 Å². The number of carboxylic acids is 1. The summed E-state index contributed by atoms with van der Waals surface area (Å²) in [6, 6.07) is 8.10. The van der Waals surface area contributed by atoms with Gasteiger partial charge in [0.25, 0.3) is 0 Å². The van der Waals surface area contributed by atoms with Crippen LogP contribution in [0.2, 0.25) is 0 Å². The molecule has 0 bridgehead atoms. The number of nitrogens with one attached hydrogen (secondary N) is 1. The fourth-order valence-corrected chi connectivity index (χ4v) is 3.43. The quantitative estimate of drug-likeness (QED) is 0.533. The van der Waals surface area contributed by atoms with Gasteiger partial charge in [-0.3, -0.25) is 4.79 Å². The van der Waals surface area contributed by atoms with E-state index < -0.39 is 27.8 Å². The Kier molecular flexibility index (Phi) is 5.47. The summed E-state index contributed by atoms with van der Waals surface area (Å²) >= 11 is 3.19. The second-order valence-corrected chi connectivity index (χ2v) is 7.62. The van der Waals surface area contributed by atoms with Gasteiger partial charge in [0.15, 0.2) is 11.5 Å². The lowest BCUT2D eigenvalue weighted by Crippen LogP contribution is -2.42. The summed E-state index contributed by atoms with van der Waals surface area (Å²) in [6.45, 7) is 0. The molecule has 4 N–H and O–H groups in total. The number of halogens is 1. The Bertz CT molecular complexity index is 851. The average molecular weight is 416 g/mol. The number of hydrogen-bond acceptors (Lipinski definition) is 5. The van der Waals surface area contributed by atoms with E-state index in [2.05, 4.69) is 20.7 Å².